The molecule has 0 unspecified atom stereocenters. The molecule has 560 valence electrons. The molecule has 0 fully saturated rings. The van der Waals surface area contributed by atoms with Gasteiger partial charge in [-0.15, -0.1) is 0 Å². The molecule has 7 heterocycles. The first-order chi connectivity index (χ1) is 50.3. The van der Waals surface area contributed by atoms with Gasteiger partial charge in [-0.2, -0.15) is 0 Å². The molecular formula is C97H137N7. The Kier molecular flexibility index (Phi) is 45.3. The van der Waals surface area contributed by atoms with Gasteiger partial charge in [0.2, 0.25) is 0 Å². The molecule has 104 heavy (non-hydrogen) atoms. The monoisotopic (exact) mass is 1400 g/mol. The van der Waals surface area contributed by atoms with E-state index in [9.17, 15) is 0 Å². The lowest BCUT2D eigenvalue weighted by atomic mass is 10.0. The molecule has 0 atom stereocenters. The Morgan fingerprint density at radius 3 is 1.40 bits per heavy atom. The highest BCUT2D eigenvalue weighted by atomic mass is 14.8. The molecule has 7 heteroatoms. The number of nitrogens with zero attached hydrogens (tertiary/aromatic N) is 7. The maximum Gasteiger partial charge on any atom is 0.0693 e. The predicted molar refractivity (Wildman–Crippen MR) is 466 cm³/mol. The number of aryl methyl sites for hydroxylation is 5. The molecule has 3 aromatic carbocycles. The number of hydrogen-bond donors (Lipinski definition) is 0. The summed E-state index contributed by atoms with van der Waals surface area (Å²) in [7, 11) is 0. The first-order valence-corrected chi connectivity index (χ1v) is 39.3. The van der Waals surface area contributed by atoms with E-state index in [0.717, 1.165) is 57.2 Å². The number of aromatic nitrogens is 5. The summed E-state index contributed by atoms with van der Waals surface area (Å²) >= 11 is 0. The molecular weight excluding hydrogens is 1260 g/mol. The average molecular weight is 1400 g/mol. The molecule has 0 radical (unpaired) electrons. The van der Waals surface area contributed by atoms with Crippen LogP contribution in [-0.2, 0) is 51.5 Å². The van der Waals surface area contributed by atoms with Crippen molar-refractivity contribution in [3.8, 4) is 0 Å². The van der Waals surface area contributed by atoms with Crippen LogP contribution in [0.25, 0.3) is 34.9 Å². The molecule has 16 rings (SSSR count). The molecule has 0 saturated carbocycles. The van der Waals surface area contributed by atoms with Gasteiger partial charge in [-0.3, -0.25) is 34.9 Å². The maximum absolute atomic E-state index is 4.36. The van der Waals surface area contributed by atoms with E-state index in [4.69, 9.17) is 0 Å². The standard InChI is InChI=1S/C11H12.7C10H11N.8C2H6/c1-8-6-7-10-4-3-5-11(10)9(8)2;1-7-5-9-6-11-4-3-10(9)8(7)2;1-7-5-9-3-4-11-6-10(9)8(7)2;1-7-3-4-9-5-11-6-10(9)8(7)2;1-7-3-4-9-5-6-11-10(9)8(7)2;1-7-8(2)11-6-9-4-3-5-10(7)9;1-7-6-10-9(8(7)2)4-3-5-11-10;1-7-6-11-10-5-3-4-9(10)8(7)2;8*1-2/h3,5-7H,4H2,1-2H3;4*3-4,6H,5H2,1-2H3;3,5-6H,4H2,1-2H3;3-5H,6H2,1-2H3;3-4,6H,5H2,1-2H3;8*1-2H3. The summed E-state index contributed by atoms with van der Waals surface area (Å²) in [5, 5.41) is 0. The lowest BCUT2D eigenvalue weighted by molar-refractivity contribution is 1.08. The first-order valence-electron chi connectivity index (χ1n) is 39.3. The zero-order valence-electron chi connectivity index (χ0n) is 71.2. The van der Waals surface area contributed by atoms with Crippen LogP contribution in [0.15, 0.2) is 149 Å². The van der Waals surface area contributed by atoms with Crippen LogP contribution in [0.4, 0.5) is 5.69 Å². The fourth-order valence-corrected chi connectivity index (χ4v) is 12.1. The van der Waals surface area contributed by atoms with E-state index in [1.165, 1.54) is 173 Å². The first kappa shape index (κ1) is 93.2. The fourth-order valence-electron chi connectivity index (χ4n) is 12.1. The van der Waals surface area contributed by atoms with Crippen molar-refractivity contribution in [2.24, 2.45) is 9.98 Å². The SMILES string of the molecule is CC.CC.CC.CC.CC.CC.CC.CC.CC1=C(C)c2cccnc2C1.CC1=C(C)c2ccncc2C1.CC1=C(C)c2cnccc2C1.Cc1ccc2c(c1C)C=CC2.Cc1ccc2c(c1C)C=NC2.Cc1ccc2c(c1C)N=CC2.Cc1cnc2c(c1C)C=CC2.Cc1ncc2c(c1C)C=CC2. The quantitative estimate of drug-likeness (QED) is 0.151. The molecule has 0 amide bonds. The molecule has 0 N–H and O–H groups in total. The maximum atomic E-state index is 4.36. The Morgan fingerprint density at radius 1 is 0.308 bits per heavy atom. The van der Waals surface area contributed by atoms with Gasteiger partial charge in [-0.25, -0.2) is 0 Å². The molecule has 8 aromatic rings. The van der Waals surface area contributed by atoms with Gasteiger partial charge < -0.3 is 0 Å². The largest absolute Gasteiger partial charge is 0.288 e. The molecule has 0 spiro atoms. The van der Waals surface area contributed by atoms with E-state index in [2.05, 4.69) is 237 Å². The third kappa shape index (κ3) is 25.8. The van der Waals surface area contributed by atoms with Gasteiger partial charge in [0.25, 0.3) is 0 Å². The Labute approximate surface area is 635 Å². The second-order valence-corrected chi connectivity index (χ2v) is 24.6. The highest BCUT2D eigenvalue weighted by Gasteiger charge is 2.18. The highest BCUT2D eigenvalue weighted by molar-refractivity contribution is 5.87. The number of benzene rings is 3. The Morgan fingerprint density at radius 2 is 0.798 bits per heavy atom. The van der Waals surface area contributed by atoms with Gasteiger partial charge in [0.05, 0.1) is 23.6 Å². The van der Waals surface area contributed by atoms with Gasteiger partial charge in [-0.1, -0.05) is 206 Å². The predicted octanol–water partition coefficient (Wildman–Crippen LogP) is 27.7. The summed E-state index contributed by atoms with van der Waals surface area (Å²) in [5.41, 5.74) is 43.7. The number of rotatable bonds is 0. The number of pyridine rings is 5. The van der Waals surface area contributed by atoms with Crippen LogP contribution >= 0.6 is 0 Å². The topological polar surface area (TPSA) is 89.2 Å². The van der Waals surface area contributed by atoms with Crippen LogP contribution in [-0.4, -0.2) is 37.3 Å². The Balaban J connectivity index is 0.000000578. The average Bonchev–Trinajstić information content (AvgIpc) is 1.67. The highest BCUT2D eigenvalue weighted by Crippen LogP contribution is 2.34. The van der Waals surface area contributed by atoms with E-state index in [1.54, 1.807) is 0 Å². The molecule has 6 aliphatic carbocycles. The summed E-state index contributed by atoms with van der Waals surface area (Å²) < 4.78 is 0. The number of hydrogen-bond acceptors (Lipinski definition) is 7. The normalized spacial score (nSPS) is 12.6. The van der Waals surface area contributed by atoms with Gasteiger partial charge in [0, 0.05) is 86.3 Å². The molecule has 0 saturated heterocycles. The molecule has 0 bridgehead atoms. The van der Waals surface area contributed by atoms with Gasteiger partial charge in [-0.05, 0) is 288 Å². The summed E-state index contributed by atoms with van der Waals surface area (Å²) in [6, 6.07) is 21.5. The van der Waals surface area contributed by atoms with Gasteiger partial charge in [0.15, 0.2) is 0 Å². The van der Waals surface area contributed by atoms with Crippen molar-refractivity contribution < 1.29 is 0 Å². The second kappa shape index (κ2) is 50.6. The van der Waals surface area contributed by atoms with Crippen LogP contribution < -0.4 is 0 Å². The van der Waals surface area contributed by atoms with E-state index < -0.39 is 0 Å². The Hall–Kier alpha value is -8.81. The van der Waals surface area contributed by atoms with Crippen LogP contribution in [0, 0.1) is 69.2 Å². The molecule has 7 nitrogen and oxygen atoms in total. The minimum atomic E-state index is 0.871. The van der Waals surface area contributed by atoms with Crippen LogP contribution in [0.5, 0.6) is 0 Å². The minimum Gasteiger partial charge on any atom is -0.288 e. The smallest absolute Gasteiger partial charge is 0.0693 e. The van der Waals surface area contributed by atoms with Gasteiger partial charge >= 0.3 is 0 Å². The summed E-state index contributed by atoms with van der Waals surface area (Å²) in [4.78, 5) is 29.8. The second-order valence-electron chi connectivity index (χ2n) is 24.6. The van der Waals surface area contributed by atoms with Crippen molar-refractivity contribution in [3.05, 3.63) is 278 Å². The van der Waals surface area contributed by atoms with E-state index in [1.807, 2.05) is 173 Å². The molecule has 5 aromatic heterocycles. The van der Waals surface area contributed by atoms with Crippen molar-refractivity contribution in [1.29, 1.82) is 0 Å². The van der Waals surface area contributed by atoms with Crippen molar-refractivity contribution in [2.75, 3.05) is 0 Å². The molecule has 2 aliphatic heterocycles. The van der Waals surface area contributed by atoms with Crippen molar-refractivity contribution in [3.63, 3.8) is 0 Å². The zero-order chi connectivity index (χ0) is 78.8. The lowest BCUT2D eigenvalue weighted by Crippen LogP contribution is -1.93. The van der Waals surface area contributed by atoms with Crippen molar-refractivity contribution in [2.45, 2.75) is 273 Å². The van der Waals surface area contributed by atoms with E-state index in [0.29, 0.717) is 0 Å². The number of allylic oxidation sites excluding steroid dienone is 9. The summed E-state index contributed by atoms with van der Waals surface area (Å²) in [6.45, 7) is 67.3. The Bertz CT molecular complexity index is 3660. The number of fused-ring (bicyclic) bond motifs is 8. The minimum absolute atomic E-state index is 0.871. The van der Waals surface area contributed by atoms with E-state index >= 15 is 0 Å². The zero-order valence-corrected chi connectivity index (χ0v) is 71.2. The summed E-state index contributed by atoms with van der Waals surface area (Å²) in [6.07, 6.45) is 38.1. The summed E-state index contributed by atoms with van der Waals surface area (Å²) in [5.74, 6) is 0. The van der Waals surface area contributed by atoms with Crippen molar-refractivity contribution in [1.82, 2.24) is 24.9 Å². The third-order valence-corrected chi connectivity index (χ3v) is 19.0. The van der Waals surface area contributed by atoms with Crippen molar-refractivity contribution >= 4 is 53.1 Å². The van der Waals surface area contributed by atoms with Gasteiger partial charge in [0.1, 0.15) is 0 Å². The van der Waals surface area contributed by atoms with Crippen LogP contribution in [0.3, 0.4) is 0 Å². The molecule has 8 aliphatic rings. The van der Waals surface area contributed by atoms with E-state index in [-0.39, 0.29) is 0 Å². The number of aliphatic imine (C=N–C) groups is 2. The van der Waals surface area contributed by atoms with Crippen LogP contribution in [0.1, 0.15) is 292 Å². The fraction of sp³-hybridized carbons (Fsp3) is 0.412. The lowest BCUT2D eigenvalue weighted by Gasteiger charge is -2.05. The third-order valence-electron chi connectivity index (χ3n) is 19.0. The van der Waals surface area contributed by atoms with Crippen LogP contribution in [0.2, 0.25) is 0 Å².